The van der Waals surface area contributed by atoms with Crippen molar-refractivity contribution in [2.24, 2.45) is 0 Å². The third kappa shape index (κ3) is 2.33. The van der Waals surface area contributed by atoms with Gasteiger partial charge in [-0.05, 0) is 24.3 Å². The lowest BCUT2D eigenvalue weighted by Gasteiger charge is -2.02. The highest BCUT2D eigenvalue weighted by Crippen LogP contribution is 2.24. The van der Waals surface area contributed by atoms with E-state index in [0.29, 0.717) is 0 Å². The number of ether oxygens (including phenoxy) is 1. The van der Waals surface area contributed by atoms with Crippen molar-refractivity contribution >= 4 is 0 Å². The van der Waals surface area contributed by atoms with Gasteiger partial charge in [0.15, 0.2) is 0 Å². The van der Waals surface area contributed by atoms with Crippen LogP contribution < -0.4 is 4.74 Å². The second kappa shape index (κ2) is 4.94. The van der Waals surface area contributed by atoms with E-state index in [2.05, 4.69) is 15.0 Å². The summed E-state index contributed by atoms with van der Waals surface area (Å²) in [5.41, 5.74) is 3.03. The number of benzene rings is 1. The Morgan fingerprint density at radius 2 is 1.89 bits per heavy atom. The van der Waals surface area contributed by atoms with Crippen LogP contribution in [0, 0.1) is 0 Å². The molecule has 4 nitrogen and oxygen atoms in total. The van der Waals surface area contributed by atoms with Gasteiger partial charge in [0, 0.05) is 23.5 Å². The largest absolute Gasteiger partial charge is 0.497 e. The number of pyridine rings is 1. The lowest BCUT2D eigenvalue weighted by atomic mass is 10.1. The number of nitrogens with one attached hydrogen (secondary N) is 1. The van der Waals surface area contributed by atoms with Gasteiger partial charge in [-0.15, -0.1) is 0 Å². The highest BCUT2D eigenvalue weighted by atomic mass is 16.5. The summed E-state index contributed by atoms with van der Waals surface area (Å²) in [6.45, 7) is 0. The summed E-state index contributed by atoms with van der Waals surface area (Å²) in [5.74, 6) is 1.66. The number of aromatic nitrogens is 3. The summed E-state index contributed by atoms with van der Waals surface area (Å²) in [4.78, 5) is 11.7. The first-order valence-electron chi connectivity index (χ1n) is 5.96. The van der Waals surface area contributed by atoms with Crippen LogP contribution in [0.3, 0.4) is 0 Å². The van der Waals surface area contributed by atoms with Gasteiger partial charge in [0.25, 0.3) is 0 Å². The van der Waals surface area contributed by atoms with Crippen molar-refractivity contribution in [1.29, 1.82) is 0 Å². The second-order valence-electron chi connectivity index (χ2n) is 4.11. The van der Waals surface area contributed by atoms with Crippen LogP contribution in [-0.2, 0) is 0 Å². The van der Waals surface area contributed by atoms with Crippen LogP contribution in [0.2, 0.25) is 0 Å². The first kappa shape index (κ1) is 11.5. The van der Waals surface area contributed by atoms with Crippen molar-refractivity contribution in [3.05, 3.63) is 55.0 Å². The van der Waals surface area contributed by atoms with Gasteiger partial charge < -0.3 is 9.72 Å². The molecule has 2 aromatic heterocycles. The maximum Gasteiger partial charge on any atom is 0.137 e. The van der Waals surface area contributed by atoms with Crippen LogP contribution in [0.15, 0.2) is 55.0 Å². The van der Waals surface area contributed by atoms with Crippen LogP contribution in [0.25, 0.3) is 22.6 Å². The first-order valence-corrected chi connectivity index (χ1v) is 5.96. The quantitative estimate of drug-likeness (QED) is 0.778. The molecular formula is C15H13N3O. The SMILES string of the molecule is COc1cccc(-c2cnc(-c3ccncc3)[nH]2)c1. The molecular weight excluding hydrogens is 238 g/mol. The predicted molar refractivity (Wildman–Crippen MR) is 73.8 cm³/mol. The molecule has 19 heavy (non-hydrogen) atoms. The molecule has 0 bridgehead atoms. The van der Waals surface area contributed by atoms with Crippen LogP contribution in [0.1, 0.15) is 0 Å². The molecule has 0 aliphatic heterocycles. The number of imidazole rings is 1. The third-order valence-electron chi connectivity index (χ3n) is 2.91. The molecule has 4 heteroatoms. The van der Waals surface area contributed by atoms with E-state index >= 15 is 0 Å². The van der Waals surface area contributed by atoms with Gasteiger partial charge in [-0.3, -0.25) is 4.98 Å². The van der Waals surface area contributed by atoms with E-state index in [1.54, 1.807) is 19.5 Å². The summed E-state index contributed by atoms with van der Waals surface area (Å²) < 4.78 is 5.23. The van der Waals surface area contributed by atoms with E-state index in [4.69, 9.17) is 4.74 Å². The first-order chi connectivity index (χ1) is 9.36. The molecule has 1 N–H and O–H groups in total. The zero-order valence-electron chi connectivity index (χ0n) is 10.5. The number of hydrogen-bond donors (Lipinski definition) is 1. The molecule has 0 aliphatic carbocycles. The van der Waals surface area contributed by atoms with Crippen molar-refractivity contribution in [2.75, 3.05) is 7.11 Å². The van der Waals surface area contributed by atoms with E-state index < -0.39 is 0 Å². The minimum Gasteiger partial charge on any atom is -0.497 e. The average molecular weight is 251 g/mol. The Morgan fingerprint density at radius 1 is 1.05 bits per heavy atom. The topological polar surface area (TPSA) is 50.8 Å². The minimum atomic E-state index is 0.831. The lowest BCUT2D eigenvalue weighted by Crippen LogP contribution is -1.84. The zero-order valence-corrected chi connectivity index (χ0v) is 10.5. The van der Waals surface area contributed by atoms with E-state index in [1.165, 1.54) is 0 Å². The van der Waals surface area contributed by atoms with Gasteiger partial charge in [0.1, 0.15) is 11.6 Å². The molecule has 0 amide bonds. The fraction of sp³-hybridized carbons (Fsp3) is 0.0667. The summed E-state index contributed by atoms with van der Waals surface area (Å²) in [6.07, 6.45) is 5.33. The highest BCUT2D eigenvalue weighted by Gasteiger charge is 2.05. The van der Waals surface area contributed by atoms with Crippen molar-refractivity contribution in [3.8, 4) is 28.4 Å². The summed E-state index contributed by atoms with van der Waals surface area (Å²) >= 11 is 0. The number of aromatic amines is 1. The van der Waals surface area contributed by atoms with Gasteiger partial charge in [-0.25, -0.2) is 4.98 Å². The highest BCUT2D eigenvalue weighted by molar-refractivity contribution is 5.65. The third-order valence-corrected chi connectivity index (χ3v) is 2.91. The van der Waals surface area contributed by atoms with Gasteiger partial charge in [-0.2, -0.15) is 0 Å². The monoisotopic (exact) mass is 251 g/mol. The zero-order chi connectivity index (χ0) is 13.1. The molecule has 0 aliphatic rings. The molecule has 0 saturated heterocycles. The summed E-state index contributed by atoms with van der Waals surface area (Å²) in [7, 11) is 1.66. The van der Waals surface area contributed by atoms with Crippen LogP contribution in [0.4, 0.5) is 0 Å². The molecule has 0 fully saturated rings. The molecule has 94 valence electrons. The predicted octanol–water partition coefficient (Wildman–Crippen LogP) is 3.15. The average Bonchev–Trinajstić information content (AvgIpc) is 2.98. The number of H-pyrrole nitrogens is 1. The summed E-state index contributed by atoms with van der Waals surface area (Å²) in [6, 6.07) is 11.7. The summed E-state index contributed by atoms with van der Waals surface area (Å²) in [5, 5.41) is 0. The number of nitrogens with zero attached hydrogens (tertiary/aromatic N) is 2. The van der Waals surface area contributed by atoms with E-state index in [-0.39, 0.29) is 0 Å². The van der Waals surface area contributed by atoms with Gasteiger partial charge in [-0.1, -0.05) is 12.1 Å². The Kier molecular flexibility index (Phi) is 2.98. The van der Waals surface area contributed by atoms with E-state index in [1.807, 2.05) is 42.6 Å². The molecule has 3 aromatic rings. The fourth-order valence-electron chi connectivity index (χ4n) is 1.92. The Bertz CT molecular complexity index is 677. The molecule has 0 atom stereocenters. The maximum atomic E-state index is 5.23. The molecule has 0 radical (unpaired) electrons. The second-order valence-corrected chi connectivity index (χ2v) is 4.11. The van der Waals surface area contributed by atoms with Crippen LogP contribution in [0.5, 0.6) is 5.75 Å². The van der Waals surface area contributed by atoms with Crippen molar-refractivity contribution in [3.63, 3.8) is 0 Å². The Hall–Kier alpha value is -2.62. The van der Waals surface area contributed by atoms with Crippen LogP contribution >= 0.6 is 0 Å². The van der Waals surface area contributed by atoms with Gasteiger partial charge in [0.2, 0.25) is 0 Å². The standard InChI is InChI=1S/C15H13N3O/c1-19-13-4-2-3-12(9-13)14-10-17-15(18-14)11-5-7-16-8-6-11/h2-10H,1H3,(H,17,18). The molecule has 0 saturated carbocycles. The van der Waals surface area contributed by atoms with Gasteiger partial charge in [0.05, 0.1) is 19.0 Å². The van der Waals surface area contributed by atoms with Crippen molar-refractivity contribution in [1.82, 2.24) is 15.0 Å². The van der Waals surface area contributed by atoms with E-state index in [9.17, 15) is 0 Å². The number of methoxy groups -OCH3 is 1. The number of hydrogen-bond acceptors (Lipinski definition) is 3. The Balaban J connectivity index is 1.97. The van der Waals surface area contributed by atoms with Crippen molar-refractivity contribution in [2.45, 2.75) is 0 Å². The smallest absolute Gasteiger partial charge is 0.137 e. The lowest BCUT2D eigenvalue weighted by molar-refractivity contribution is 0.415. The normalized spacial score (nSPS) is 10.4. The molecule has 2 heterocycles. The van der Waals surface area contributed by atoms with Gasteiger partial charge >= 0.3 is 0 Å². The molecule has 0 unspecified atom stereocenters. The molecule has 1 aromatic carbocycles. The molecule has 0 spiro atoms. The maximum absolute atomic E-state index is 5.23. The minimum absolute atomic E-state index is 0.831. The van der Waals surface area contributed by atoms with Crippen molar-refractivity contribution < 1.29 is 4.74 Å². The number of rotatable bonds is 3. The Labute approximate surface area is 111 Å². The van der Waals surface area contributed by atoms with E-state index in [0.717, 1.165) is 28.4 Å². The van der Waals surface area contributed by atoms with Crippen LogP contribution in [-0.4, -0.2) is 22.1 Å². The fourth-order valence-corrected chi connectivity index (χ4v) is 1.92. The molecule has 3 rings (SSSR count). The Morgan fingerprint density at radius 3 is 2.68 bits per heavy atom.